The van der Waals surface area contributed by atoms with E-state index in [4.69, 9.17) is 4.55 Å². The number of nitrogens with one attached hydrogen (secondary N) is 1. The van der Waals surface area contributed by atoms with E-state index >= 15 is 0 Å². The molecule has 0 saturated heterocycles. The molecule has 0 amide bonds. The highest BCUT2D eigenvalue weighted by Gasteiger charge is 2.40. The topological polar surface area (TPSA) is 66.4 Å². The summed E-state index contributed by atoms with van der Waals surface area (Å²) >= 11 is -2.84. The molecule has 0 spiro atoms. The average molecular weight is 191 g/mol. The Morgan fingerprint density at radius 2 is 2.00 bits per heavy atom. The highest BCUT2D eigenvalue weighted by atomic mass is 32.2. The van der Waals surface area contributed by atoms with E-state index in [9.17, 15) is 22.2 Å². The number of aldehydes is 1. The lowest BCUT2D eigenvalue weighted by atomic mass is 10.3. The number of halogens is 3. The van der Waals surface area contributed by atoms with Gasteiger partial charge < -0.3 is 4.79 Å². The van der Waals surface area contributed by atoms with Gasteiger partial charge in [-0.05, 0) is 0 Å². The SMILES string of the molecule is O=CC(NS(=O)O)C(F)(F)F. The zero-order valence-electron chi connectivity index (χ0n) is 4.96. The monoisotopic (exact) mass is 191 g/mol. The Morgan fingerprint density at radius 1 is 1.55 bits per heavy atom. The molecule has 11 heavy (non-hydrogen) atoms. The minimum atomic E-state index is -4.83. The molecule has 0 aromatic carbocycles. The first-order chi connectivity index (χ1) is 4.88. The number of alkyl halides is 3. The smallest absolute Gasteiger partial charge is 0.301 e. The minimum Gasteiger partial charge on any atom is -0.301 e. The van der Waals surface area contributed by atoms with Gasteiger partial charge in [-0.15, -0.1) is 0 Å². The van der Waals surface area contributed by atoms with Gasteiger partial charge in [0.25, 0.3) is 0 Å². The van der Waals surface area contributed by atoms with E-state index in [0.717, 1.165) is 4.72 Å². The lowest BCUT2D eigenvalue weighted by Gasteiger charge is -2.12. The van der Waals surface area contributed by atoms with Crippen molar-refractivity contribution >= 4 is 17.6 Å². The van der Waals surface area contributed by atoms with E-state index in [1.54, 1.807) is 0 Å². The molecular weight excluding hydrogens is 187 g/mol. The van der Waals surface area contributed by atoms with Crippen LogP contribution in [0.4, 0.5) is 13.2 Å². The molecule has 0 rings (SSSR count). The number of hydrogen-bond acceptors (Lipinski definition) is 2. The molecule has 2 unspecified atom stereocenters. The first-order valence-corrected chi connectivity index (χ1v) is 3.37. The predicted molar refractivity (Wildman–Crippen MR) is 29.8 cm³/mol. The van der Waals surface area contributed by atoms with Crippen LogP contribution in [-0.2, 0) is 16.1 Å². The molecule has 0 bridgehead atoms. The van der Waals surface area contributed by atoms with Crippen LogP contribution in [0.1, 0.15) is 0 Å². The third-order valence-corrected chi connectivity index (χ3v) is 1.17. The lowest BCUT2D eigenvalue weighted by Crippen LogP contribution is -2.44. The second-order valence-electron chi connectivity index (χ2n) is 1.52. The number of carbonyl (C=O) groups excluding carboxylic acids is 1. The average Bonchev–Trinajstić information content (AvgIpc) is 1.79. The number of hydrogen-bond donors (Lipinski definition) is 2. The fourth-order valence-corrected chi connectivity index (χ4v) is 0.687. The van der Waals surface area contributed by atoms with Crippen LogP contribution in [0.2, 0.25) is 0 Å². The van der Waals surface area contributed by atoms with Gasteiger partial charge in [0.2, 0.25) is 11.3 Å². The summed E-state index contributed by atoms with van der Waals surface area (Å²) in [5.74, 6) is 0. The predicted octanol–water partition coefficient (Wildman–Crippen LogP) is -0.158. The largest absolute Gasteiger partial charge is 0.411 e. The van der Waals surface area contributed by atoms with Gasteiger partial charge in [-0.25, -0.2) is 4.21 Å². The highest BCUT2D eigenvalue weighted by Crippen LogP contribution is 2.18. The van der Waals surface area contributed by atoms with Crippen LogP contribution >= 0.6 is 0 Å². The summed E-state index contributed by atoms with van der Waals surface area (Å²) in [6.07, 6.45) is -5.33. The molecule has 0 aliphatic heterocycles. The normalized spacial score (nSPS) is 17.5. The molecule has 4 nitrogen and oxygen atoms in total. The first-order valence-electron chi connectivity index (χ1n) is 2.27. The van der Waals surface area contributed by atoms with Crippen LogP contribution < -0.4 is 4.72 Å². The van der Waals surface area contributed by atoms with Crippen molar-refractivity contribution in [1.29, 1.82) is 0 Å². The van der Waals surface area contributed by atoms with Crippen molar-refractivity contribution in [2.24, 2.45) is 0 Å². The Hall–Kier alpha value is -0.470. The van der Waals surface area contributed by atoms with Crippen LogP contribution in [0.5, 0.6) is 0 Å². The maximum absolute atomic E-state index is 11.5. The second-order valence-corrected chi connectivity index (χ2v) is 2.26. The van der Waals surface area contributed by atoms with Gasteiger partial charge in [-0.3, -0.25) is 4.55 Å². The van der Waals surface area contributed by atoms with Gasteiger partial charge in [-0.1, -0.05) is 0 Å². The molecule has 66 valence electrons. The standard InChI is InChI=1S/C3H4F3NO3S/c4-3(5,6)2(1-8)7-11(9)10/h1-2,7H,(H,9,10). The lowest BCUT2D eigenvalue weighted by molar-refractivity contribution is -0.156. The summed E-state index contributed by atoms with van der Waals surface area (Å²) in [4.78, 5) is 9.66. The molecule has 2 N–H and O–H groups in total. The van der Waals surface area contributed by atoms with Gasteiger partial charge in [0.1, 0.15) is 6.29 Å². The van der Waals surface area contributed by atoms with E-state index in [2.05, 4.69) is 0 Å². The maximum atomic E-state index is 11.5. The van der Waals surface area contributed by atoms with Crippen LogP contribution in [-0.4, -0.2) is 27.3 Å². The number of carbonyl (C=O) groups is 1. The zero-order valence-corrected chi connectivity index (χ0v) is 5.78. The molecule has 0 saturated carbocycles. The summed E-state index contributed by atoms with van der Waals surface area (Å²) in [7, 11) is 0. The summed E-state index contributed by atoms with van der Waals surface area (Å²) in [5, 5.41) is 0. The molecule has 0 aromatic rings. The van der Waals surface area contributed by atoms with Crippen molar-refractivity contribution in [1.82, 2.24) is 4.72 Å². The van der Waals surface area contributed by atoms with E-state index in [1.807, 2.05) is 0 Å². The Balaban J connectivity index is 4.18. The van der Waals surface area contributed by atoms with Crippen LogP contribution in [0.3, 0.4) is 0 Å². The molecule has 0 radical (unpaired) electrons. The van der Waals surface area contributed by atoms with Crippen molar-refractivity contribution < 1.29 is 26.7 Å². The van der Waals surface area contributed by atoms with Crippen LogP contribution in [0.15, 0.2) is 0 Å². The molecule has 0 fully saturated rings. The van der Waals surface area contributed by atoms with E-state index in [1.165, 1.54) is 0 Å². The molecule has 0 aliphatic carbocycles. The summed E-state index contributed by atoms with van der Waals surface area (Å²) < 4.78 is 53.4. The molecule has 8 heteroatoms. The molecule has 2 atom stereocenters. The van der Waals surface area contributed by atoms with Gasteiger partial charge in [-0.2, -0.15) is 17.9 Å². The van der Waals surface area contributed by atoms with Gasteiger partial charge >= 0.3 is 6.18 Å². The quantitative estimate of drug-likeness (QED) is 0.481. The van der Waals surface area contributed by atoms with Crippen molar-refractivity contribution in [2.45, 2.75) is 12.2 Å². The van der Waals surface area contributed by atoms with Crippen molar-refractivity contribution in [2.75, 3.05) is 0 Å². The van der Waals surface area contributed by atoms with Gasteiger partial charge in [0.15, 0.2) is 6.04 Å². The van der Waals surface area contributed by atoms with E-state index < -0.39 is 29.8 Å². The van der Waals surface area contributed by atoms with E-state index in [0.29, 0.717) is 0 Å². The second kappa shape index (κ2) is 3.79. The van der Waals surface area contributed by atoms with Crippen LogP contribution in [0.25, 0.3) is 0 Å². The molecule has 0 aliphatic rings. The third kappa shape index (κ3) is 4.06. The Labute approximate surface area is 62.2 Å². The summed E-state index contributed by atoms with van der Waals surface area (Å²) in [6.45, 7) is 0. The van der Waals surface area contributed by atoms with Crippen molar-refractivity contribution in [3.63, 3.8) is 0 Å². The Bertz CT molecular complexity index is 170. The zero-order chi connectivity index (χ0) is 9.07. The molecule has 0 heterocycles. The molecule has 0 aromatic heterocycles. The van der Waals surface area contributed by atoms with E-state index in [-0.39, 0.29) is 0 Å². The van der Waals surface area contributed by atoms with Gasteiger partial charge in [0.05, 0.1) is 0 Å². The first kappa shape index (κ1) is 10.5. The summed E-state index contributed by atoms with van der Waals surface area (Å²) in [6, 6.07) is -2.59. The fourth-order valence-electron chi connectivity index (χ4n) is 0.280. The van der Waals surface area contributed by atoms with Gasteiger partial charge in [0, 0.05) is 0 Å². The fraction of sp³-hybridized carbons (Fsp3) is 0.667. The summed E-state index contributed by atoms with van der Waals surface area (Å²) in [5.41, 5.74) is 0. The Kier molecular flexibility index (Phi) is 3.63. The number of rotatable bonds is 3. The third-order valence-electron chi connectivity index (χ3n) is 0.717. The highest BCUT2D eigenvalue weighted by molar-refractivity contribution is 7.77. The van der Waals surface area contributed by atoms with Crippen molar-refractivity contribution in [3.8, 4) is 0 Å². The van der Waals surface area contributed by atoms with Crippen molar-refractivity contribution in [3.05, 3.63) is 0 Å². The maximum Gasteiger partial charge on any atom is 0.411 e. The Morgan fingerprint density at radius 3 is 2.09 bits per heavy atom. The molecular formula is C3H4F3NO3S. The minimum absolute atomic E-state index is 0.492. The van der Waals surface area contributed by atoms with Crippen LogP contribution in [0, 0.1) is 0 Å².